The third-order valence-electron chi connectivity index (χ3n) is 4.39. The molecule has 1 amide bonds. The van der Waals surface area contributed by atoms with Gasteiger partial charge in [0.15, 0.2) is 18.1 Å². The average molecular weight is 412 g/mol. The predicted octanol–water partition coefficient (Wildman–Crippen LogP) is 4.76. The molecule has 0 N–H and O–H groups in total. The van der Waals surface area contributed by atoms with E-state index in [4.69, 9.17) is 14.2 Å². The molecule has 29 heavy (non-hydrogen) atoms. The molecule has 0 saturated carbocycles. The molecule has 1 heterocycles. The summed E-state index contributed by atoms with van der Waals surface area (Å²) in [7, 11) is 1.62. The molecular weight excluding hydrogens is 386 g/mol. The molecular formula is C23H25NO4S. The summed E-state index contributed by atoms with van der Waals surface area (Å²) in [6.45, 7) is 3.54. The van der Waals surface area contributed by atoms with E-state index in [1.165, 1.54) is 0 Å². The zero-order chi connectivity index (χ0) is 20.5. The van der Waals surface area contributed by atoms with Crippen molar-refractivity contribution in [2.75, 3.05) is 20.3 Å². The van der Waals surface area contributed by atoms with Crippen LogP contribution in [-0.4, -0.2) is 31.1 Å². The second kappa shape index (κ2) is 10.5. The summed E-state index contributed by atoms with van der Waals surface area (Å²) in [6, 6.07) is 19.1. The Morgan fingerprint density at radius 2 is 1.83 bits per heavy atom. The maximum Gasteiger partial charge on any atom is 0.260 e. The van der Waals surface area contributed by atoms with Crippen LogP contribution in [0, 0.1) is 0 Å². The topological polar surface area (TPSA) is 48.0 Å². The van der Waals surface area contributed by atoms with Gasteiger partial charge in [-0.3, -0.25) is 4.79 Å². The van der Waals surface area contributed by atoms with E-state index in [9.17, 15) is 4.79 Å². The molecule has 0 aliphatic heterocycles. The fourth-order valence-electron chi connectivity index (χ4n) is 2.82. The minimum absolute atomic E-state index is 0.0109. The standard InChI is InChI=1S/C23H25NO4S/c1-3-24(23(25)17-27-19-8-5-4-6-9-19)15-18-11-12-21(22(14-18)26-2)28-16-20-10-7-13-29-20/h4-14H,3,15-17H2,1-2H3. The molecule has 0 spiro atoms. The SMILES string of the molecule is CCN(Cc1ccc(OCc2cccs2)c(OC)c1)C(=O)COc1ccccc1. The zero-order valence-corrected chi connectivity index (χ0v) is 17.5. The van der Waals surface area contributed by atoms with E-state index in [0.717, 1.165) is 10.4 Å². The second-order valence-electron chi connectivity index (χ2n) is 6.36. The van der Waals surface area contributed by atoms with Crippen molar-refractivity contribution in [3.63, 3.8) is 0 Å². The molecule has 0 saturated heterocycles. The number of hydrogen-bond acceptors (Lipinski definition) is 5. The summed E-state index contributed by atoms with van der Waals surface area (Å²) >= 11 is 1.65. The Balaban J connectivity index is 1.60. The molecule has 2 aromatic carbocycles. The van der Waals surface area contributed by atoms with Gasteiger partial charge in [0, 0.05) is 18.0 Å². The first-order valence-electron chi connectivity index (χ1n) is 9.47. The van der Waals surface area contributed by atoms with E-state index in [2.05, 4.69) is 0 Å². The molecule has 3 rings (SSSR count). The van der Waals surface area contributed by atoms with Crippen molar-refractivity contribution in [2.24, 2.45) is 0 Å². The molecule has 0 radical (unpaired) electrons. The Hall–Kier alpha value is -2.99. The van der Waals surface area contributed by atoms with Gasteiger partial charge in [-0.25, -0.2) is 0 Å². The van der Waals surface area contributed by atoms with E-state index in [1.54, 1.807) is 23.3 Å². The van der Waals surface area contributed by atoms with Crippen molar-refractivity contribution >= 4 is 17.2 Å². The number of ether oxygens (including phenoxy) is 3. The van der Waals surface area contributed by atoms with Gasteiger partial charge in [-0.2, -0.15) is 0 Å². The van der Waals surface area contributed by atoms with Crippen LogP contribution < -0.4 is 14.2 Å². The molecule has 1 aromatic heterocycles. The van der Waals surface area contributed by atoms with E-state index in [-0.39, 0.29) is 12.5 Å². The van der Waals surface area contributed by atoms with Crippen molar-refractivity contribution < 1.29 is 19.0 Å². The molecule has 0 bridgehead atoms. The van der Waals surface area contributed by atoms with Crippen molar-refractivity contribution in [1.82, 2.24) is 4.90 Å². The number of para-hydroxylation sites is 1. The maximum absolute atomic E-state index is 12.6. The van der Waals surface area contributed by atoms with Crippen LogP contribution in [0.2, 0.25) is 0 Å². The lowest BCUT2D eigenvalue weighted by Gasteiger charge is -2.22. The Kier molecular flexibility index (Phi) is 7.53. The number of nitrogens with zero attached hydrogens (tertiary/aromatic N) is 1. The third-order valence-corrected chi connectivity index (χ3v) is 5.24. The molecule has 0 aliphatic rings. The van der Waals surface area contributed by atoms with Crippen LogP contribution in [0.5, 0.6) is 17.2 Å². The smallest absolute Gasteiger partial charge is 0.260 e. The summed E-state index contributed by atoms with van der Waals surface area (Å²) in [6.07, 6.45) is 0. The first-order valence-corrected chi connectivity index (χ1v) is 10.3. The highest BCUT2D eigenvalue weighted by Crippen LogP contribution is 2.29. The largest absolute Gasteiger partial charge is 0.493 e. The van der Waals surface area contributed by atoms with Gasteiger partial charge in [0.2, 0.25) is 0 Å². The van der Waals surface area contributed by atoms with Gasteiger partial charge in [0.25, 0.3) is 5.91 Å². The van der Waals surface area contributed by atoms with Gasteiger partial charge < -0.3 is 19.1 Å². The number of rotatable bonds is 10. The quantitative estimate of drug-likeness (QED) is 0.482. The van der Waals surface area contributed by atoms with E-state index in [1.807, 2.05) is 73.0 Å². The highest BCUT2D eigenvalue weighted by molar-refractivity contribution is 7.09. The van der Waals surface area contributed by atoms with Gasteiger partial charge >= 0.3 is 0 Å². The lowest BCUT2D eigenvalue weighted by molar-refractivity contribution is -0.133. The number of carbonyl (C=O) groups is 1. The van der Waals surface area contributed by atoms with Crippen LogP contribution in [0.1, 0.15) is 17.4 Å². The van der Waals surface area contributed by atoms with Gasteiger partial charge in [0.1, 0.15) is 12.4 Å². The zero-order valence-electron chi connectivity index (χ0n) is 16.7. The average Bonchev–Trinajstić information content (AvgIpc) is 3.29. The van der Waals surface area contributed by atoms with Crippen LogP contribution in [0.25, 0.3) is 0 Å². The second-order valence-corrected chi connectivity index (χ2v) is 7.40. The number of carbonyl (C=O) groups excluding carboxylic acids is 1. The monoisotopic (exact) mass is 411 g/mol. The number of thiophene rings is 1. The first kappa shape index (κ1) is 20.7. The lowest BCUT2D eigenvalue weighted by atomic mass is 10.2. The first-order chi connectivity index (χ1) is 14.2. The Labute approximate surface area is 175 Å². The third kappa shape index (κ3) is 5.99. The van der Waals surface area contributed by atoms with Crippen LogP contribution in [0.3, 0.4) is 0 Å². The van der Waals surface area contributed by atoms with Crippen molar-refractivity contribution in [3.05, 3.63) is 76.5 Å². The van der Waals surface area contributed by atoms with Crippen LogP contribution in [0.4, 0.5) is 0 Å². The Bertz CT molecular complexity index is 897. The summed E-state index contributed by atoms with van der Waals surface area (Å²) in [5.41, 5.74) is 0.972. The van der Waals surface area contributed by atoms with Gasteiger partial charge in [-0.05, 0) is 48.2 Å². The molecule has 3 aromatic rings. The minimum Gasteiger partial charge on any atom is -0.493 e. The van der Waals surface area contributed by atoms with Crippen LogP contribution >= 0.6 is 11.3 Å². The van der Waals surface area contributed by atoms with E-state index in [0.29, 0.717) is 36.9 Å². The molecule has 0 fully saturated rings. The minimum atomic E-state index is -0.0617. The van der Waals surface area contributed by atoms with E-state index >= 15 is 0 Å². The molecule has 0 unspecified atom stereocenters. The summed E-state index contributed by atoms with van der Waals surface area (Å²) in [5, 5.41) is 2.02. The molecule has 0 aliphatic carbocycles. The van der Waals surface area contributed by atoms with Crippen molar-refractivity contribution in [3.8, 4) is 17.2 Å². The van der Waals surface area contributed by atoms with Crippen LogP contribution in [0.15, 0.2) is 66.0 Å². The summed E-state index contributed by atoms with van der Waals surface area (Å²) in [4.78, 5) is 15.5. The summed E-state index contributed by atoms with van der Waals surface area (Å²) < 4.78 is 17.0. The fourth-order valence-corrected chi connectivity index (χ4v) is 3.44. The summed E-state index contributed by atoms with van der Waals surface area (Å²) in [5.74, 6) is 1.97. The van der Waals surface area contributed by atoms with Crippen molar-refractivity contribution in [2.45, 2.75) is 20.1 Å². The number of benzene rings is 2. The Morgan fingerprint density at radius 3 is 2.52 bits per heavy atom. The number of hydrogen-bond donors (Lipinski definition) is 0. The molecule has 0 atom stereocenters. The van der Waals surface area contributed by atoms with E-state index < -0.39 is 0 Å². The normalized spacial score (nSPS) is 10.4. The van der Waals surface area contributed by atoms with Crippen LogP contribution in [-0.2, 0) is 17.9 Å². The molecule has 152 valence electrons. The number of amides is 1. The predicted molar refractivity (Wildman–Crippen MR) is 115 cm³/mol. The fraction of sp³-hybridized carbons (Fsp3) is 0.261. The van der Waals surface area contributed by atoms with Gasteiger partial charge in [0.05, 0.1) is 7.11 Å². The van der Waals surface area contributed by atoms with Gasteiger partial charge in [-0.1, -0.05) is 30.3 Å². The van der Waals surface area contributed by atoms with Crippen molar-refractivity contribution in [1.29, 1.82) is 0 Å². The number of likely N-dealkylation sites (N-methyl/N-ethyl adjacent to an activating group) is 1. The highest BCUT2D eigenvalue weighted by atomic mass is 32.1. The molecule has 5 nitrogen and oxygen atoms in total. The number of methoxy groups -OCH3 is 1. The highest BCUT2D eigenvalue weighted by Gasteiger charge is 2.15. The molecule has 6 heteroatoms. The Morgan fingerprint density at radius 1 is 1.00 bits per heavy atom. The van der Waals surface area contributed by atoms with Gasteiger partial charge in [-0.15, -0.1) is 11.3 Å². The lowest BCUT2D eigenvalue weighted by Crippen LogP contribution is -2.34. The maximum atomic E-state index is 12.6.